The summed E-state index contributed by atoms with van der Waals surface area (Å²) in [4.78, 5) is 25.1. The van der Waals surface area contributed by atoms with Crippen molar-refractivity contribution in [3.63, 3.8) is 0 Å². The molecule has 1 N–H and O–H groups in total. The summed E-state index contributed by atoms with van der Waals surface area (Å²) >= 11 is 0. The number of halogens is 2. The summed E-state index contributed by atoms with van der Waals surface area (Å²) in [7, 11) is 0. The Balaban J connectivity index is 2.05. The molecule has 0 saturated carbocycles. The number of benzene rings is 2. The van der Waals surface area contributed by atoms with Gasteiger partial charge < -0.3 is 15.0 Å². The van der Waals surface area contributed by atoms with Gasteiger partial charge in [-0.3, -0.25) is 9.59 Å². The van der Waals surface area contributed by atoms with Crippen molar-refractivity contribution >= 4 is 23.2 Å². The van der Waals surface area contributed by atoms with E-state index in [2.05, 4.69) is 5.32 Å². The Bertz CT molecular complexity index is 792. The largest absolute Gasteiger partial charge is 0.491 e. The van der Waals surface area contributed by atoms with Crippen molar-refractivity contribution < 1.29 is 23.1 Å². The zero-order valence-electron chi connectivity index (χ0n) is 14.8. The van der Waals surface area contributed by atoms with Crippen molar-refractivity contribution in [1.82, 2.24) is 0 Å². The lowest BCUT2D eigenvalue weighted by Crippen LogP contribution is -2.36. The summed E-state index contributed by atoms with van der Waals surface area (Å²) in [5.74, 6) is -2.38. The van der Waals surface area contributed by atoms with Gasteiger partial charge in [0.2, 0.25) is 11.8 Å². The minimum absolute atomic E-state index is 0.0377. The van der Waals surface area contributed by atoms with Crippen LogP contribution in [-0.4, -0.2) is 24.5 Å². The molecule has 0 aromatic heterocycles. The first-order chi connectivity index (χ1) is 12.3. The zero-order chi connectivity index (χ0) is 19.3. The van der Waals surface area contributed by atoms with E-state index in [1.165, 1.54) is 13.0 Å². The van der Waals surface area contributed by atoms with Gasteiger partial charge in [-0.2, -0.15) is 0 Å². The second-order valence-corrected chi connectivity index (χ2v) is 5.94. The van der Waals surface area contributed by atoms with E-state index in [0.29, 0.717) is 11.4 Å². The van der Waals surface area contributed by atoms with Crippen LogP contribution in [0.1, 0.15) is 20.8 Å². The Morgan fingerprint density at radius 1 is 1.08 bits per heavy atom. The standard InChI is InChI=1S/C19H20F2N2O3/c1-12(2)26-16-7-4-14(5-8-16)22-19(25)11-23(13(3)24)15-6-9-17(20)18(21)10-15/h4-10,12H,11H2,1-3H3,(H,22,25). The quantitative estimate of drug-likeness (QED) is 0.852. The molecule has 138 valence electrons. The molecule has 0 unspecified atom stereocenters. The van der Waals surface area contributed by atoms with Crippen LogP contribution in [-0.2, 0) is 9.59 Å². The van der Waals surface area contributed by atoms with E-state index in [1.54, 1.807) is 24.3 Å². The first-order valence-corrected chi connectivity index (χ1v) is 8.06. The fourth-order valence-corrected chi connectivity index (χ4v) is 2.27. The minimum Gasteiger partial charge on any atom is -0.491 e. The van der Waals surface area contributed by atoms with Crippen LogP contribution in [0.15, 0.2) is 42.5 Å². The number of carbonyl (C=O) groups excluding carboxylic acids is 2. The fraction of sp³-hybridized carbons (Fsp3) is 0.263. The molecule has 0 aliphatic heterocycles. The van der Waals surface area contributed by atoms with Gasteiger partial charge in [0.15, 0.2) is 11.6 Å². The minimum atomic E-state index is -1.09. The Morgan fingerprint density at radius 2 is 1.73 bits per heavy atom. The SMILES string of the molecule is CC(=O)N(CC(=O)Nc1ccc(OC(C)C)cc1)c1ccc(F)c(F)c1. The molecule has 0 bridgehead atoms. The molecule has 2 amide bonds. The Morgan fingerprint density at radius 3 is 2.27 bits per heavy atom. The van der Waals surface area contributed by atoms with Gasteiger partial charge in [0.05, 0.1) is 6.10 Å². The lowest BCUT2D eigenvalue weighted by molar-refractivity contribution is -0.120. The summed E-state index contributed by atoms with van der Waals surface area (Å²) in [5.41, 5.74) is 0.632. The van der Waals surface area contributed by atoms with E-state index >= 15 is 0 Å². The molecule has 0 atom stereocenters. The van der Waals surface area contributed by atoms with Crippen LogP contribution < -0.4 is 15.0 Å². The van der Waals surface area contributed by atoms with Crippen LogP contribution >= 0.6 is 0 Å². The van der Waals surface area contributed by atoms with Crippen molar-refractivity contribution in [3.05, 3.63) is 54.1 Å². The lowest BCUT2D eigenvalue weighted by Gasteiger charge is -2.21. The molecule has 0 spiro atoms. The van der Waals surface area contributed by atoms with Gasteiger partial charge in [-0.05, 0) is 50.2 Å². The highest BCUT2D eigenvalue weighted by Gasteiger charge is 2.17. The van der Waals surface area contributed by atoms with E-state index < -0.39 is 23.4 Å². The maximum Gasteiger partial charge on any atom is 0.244 e. The number of hydrogen-bond acceptors (Lipinski definition) is 3. The van der Waals surface area contributed by atoms with Gasteiger partial charge in [-0.1, -0.05) is 0 Å². The second kappa shape index (κ2) is 8.42. The van der Waals surface area contributed by atoms with Crippen LogP contribution in [0.25, 0.3) is 0 Å². The van der Waals surface area contributed by atoms with E-state index in [9.17, 15) is 18.4 Å². The normalized spacial score (nSPS) is 10.5. The number of nitrogens with one attached hydrogen (secondary N) is 1. The number of rotatable bonds is 6. The Kier molecular flexibility index (Phi) is 6.27. The first-order valence-electron chi connectivity index (χ1n) is 8.06. The lowest BCUT2D eigenvalue weighted by atomic mass is 10.2. The molecule has 2 aromatic rings. The number of anilines is 2. The van der Waals surface area contributed by atoms with Crippen LogP contribution in [0, 0.1) is 11.6 Å². The molecule has 2 rings (SSSR count). The van der Waals surface area contributed by atoms with E-state index in [-0.39, 0.29) is 18.3 Å². The molecule has 0 radical (unpaired) electrons. The predicted octanol–water partition coefficient (Wildman–Crippen LogP) is 3.74. The molecular formula is C19H20F2N2O3. The average Bonchev–Trinajstić information content (AvgIpc) is 2.56. The summed E-state index contributed by atoms with van der Waals surface area (Å²) in [6.45, 7) is 4.73. The van der Waals surface area contributed by atoms with E-state index in [1.807, 2.05) is 13.8 Å². The van der Waals surface area contributed by atoms with Crippen molar-refractivity contribution in [1.29, 1.82) is 0 Å². The van der Waals surface area contributed by atoms with Crippen LogP contribution in [0.2, 0.25) is 0 Å². The van der Waals surface area contributed by atoms with Gasteiger partial charge in [-0.25, -0.2) is 8.78 Å². The maximum atomic E-state index is 13.4. The van der Waals surface area contributed by atoms with Crippen molar-refractivity contribution in [2.75, 3.05) is 16.8 Å². The monoisotopic (exact) mass is 362 g/mol. The van der Waals surface area contributed by atoms with Gasteiger partial charge >= 0.3 is 0 Å². The second-order valence-electron chi connectivity index (χ2n) is 5.94. The van der Waals surface area contributed by atoms with E-state index in [0.717, 1.165) is 17.0 Å². The Labute approximate surface area is 150 Å². The highest BCUT2D eigenvalue weighted by atomic mass is 19.2. The fourth-order valence-electron chi connectivity index (χ4n) is 2.27. The third kappa shape index (κ3) is 5.27. The van der Waals surface area contributed by atoms with Gasteiger partial charge in [0.1, 0.15) is 12.3 Å². The molecule has 0 heterocycles. The number of hydrogen-bond donors (Lipinski definition) is 1. The summed E-state index contributed by atoms with van der Waals surface area (Å²) in [5, 5.41) is 2.65. The molecule has 0 fully saturated rings. The molecule has 2 aromatic carbocycles. The van der Waals surface area contributed by atoms with Crippen LogP contribution in [0.3, 0.4) is 0 Å². The molecular weight excluding hydrogens is 342 g/mol. The van der Waals surface area contributed by atoms with Crippen molar-refractivity contribution in [2.24, 2.45) is 0 Å². The highest BCUT2D eigenvalue weighted by molar-refractivity contribution is 6.01. The van der Waals surface area contributed by atoms with Crippen LogP contribution in [0.5, 0.6) is 5.75 Å². The third-order valence-corrected chi connectivity index (χ3v) is 3.41. The van der Waals surface area contributed by atoms with Gasteiger partial charge in [0, 0.05) is 24.4 Å². The van der Waals surface area contributed by atoms with Gasteiger partial charge in [0.25, 0.3) is 0 Å². The smallest absolute Gasteiger partial charge is 0.244 e. The topological polar surface area (TPSA) is 58.6 Å². The zero-order valence-corrected chi connectivity index (χ0v) is 14.8. The first kappa shape index (κ1) is 19.4. The number of ether oxygens (including phenoxy) is 1. The number of nitrogens with zero attached hydrogens (tertiary/aromatic N) is 1. The molecule has 0 aliphatic rings. The predicted molar refractivity (Wildman–Crippen MR) is 95.2 cm³/mol. The van der Waals surface area contributed by atoms with Crippen molar-refractivity contribution in [3.8, 4) is 5.75 Å². The average molecular weight is 362 g/mol. The molecule has 0 saturated heterocycles. The van der Waals surface area contributed by atoms with Crippen molar-refractivity contribution in [2.45, 2.75) is 26.9 Å². The highest BCUT2D eigenvalue weighted by Crippen LogP contribution is 2.19. The third-order valence-electron chi connectivity index (χ3n) is 3.41. The summed E-state index contributed by atoms with van der Waals surface area (Å²) < 4.78 is 32.0. The molecule has 0 aliphatic carbocycles. The maximum absolute atomic E-state index is 13.4. The number of carbonyl (C=O) groups is 2. The van der Waals surface area contributed by atoms with Gasteiger partial charge in [-0.15, -0.1) is 0 Å². The van der Waals surface area contributed by atoms with Crippen LogP contribution in [0.4, 0.5) is 20.2 Å². The summed E-state index contributed by atoms with van der Waals surface area (Å²) in [6.07, 6.45) is 0.0377. The van der Waals surface area contributed by atoms with E-state index in [4.69, 9.17) is 4.74 Å². The molecule has 5 nitrogen and oxygen atoms in total. The molecule has 26 heavy (non-hydrogen) atoms. The molecule has 7 heteroatoms. The Hall–Kier alpha value is -2.96. The number of amides is 2. The summed E-state index contributed by atoms with van der Waals surface area (Å²) in [6, 6.07) is 9.80.